The molecule has 4 heteroatoms. The van der Waals surface area contributed by atoms with Crippen LogP contribution in [0, 0.1) is 6.92 Å². The van der Waals surface area contributed by atoms with Gasteiger partial charge in [0.25, 0.3) is 5.91 Å². The predicted molar refractivity (Wildman–Crippen MR) is 67.3 cm³/mol. The summed E-state index contributed by atoms with van der Waals surface area (Å²) in [6.45, 7) is 1.97. The van der Waals surface area contributed by atoms with Crippen molar-refractivity contribution in [3.05, 3.63) is 35.4 Å². The molecule has 0 aliphatic carbocycles. The lowest BCUT2D eigenvalue weighted by molar-refractivity contribution is 0.0944. The number of hydrogen-bond acceptors (Lipinski definition) is 3. The first-order valence-electron chi connectivity index (χ1n) is 4.88. The molecule has 1 heterocycles. The van der Waals surface area contributed by atoms with Crippen LogP contribution in [0.5, 0.6) is 0 Å². The second-order valence-electron chi connectivity index (χ2n) is 3.55. The number of benzene rings is 1. The van der Waals surface area contributed by atoms with E-state index in [9.17, 15) is 4.79 Å². The van der Waals surface area contributed by atoms with Crippen LogP contribution in [0.3, 0.4) is 0 Å². The summed E-state index contributed by atoms with van der Waals surface area (Å²) in [5, 5.41) is 3.06. The van der Waals surface area contributed by atoms with E-state index in [1.54, 1.807) is 0 Å². The van der Waals surface area contributed by atoms with Gasteiger partial charge in [0.15, 0.2) is 0 Å². The average Bonchev–Trinajstić information content (AvgIpc) is 2.71. The van der Waals surface area contributed by atoms with E-state index < -0.39 is 0 Å². The van der Waals surface area contributed by atoms with Gasteiger partial charge in [-0.3, -0.25) is 4.79 Å². The van der Waals surface area contributed by atoms with E-state index in [0.29, 0.717) is 6.04 Å². The monoisotopic (exact) mass is 239 g/mol. The highest BCUT2D eigenvalue weighted by Crippen LogP contribution is 2.30. The Bertz CT molecular complexity index is 361. The van der Waals surface area contributed by atoms with Crippen LogP contribution in [0.2, 0.25) is 0 Å². The Morgan fingerprint density at radius 2 is 2.00 bits per heavy atom. The summed E-state index contributed by atoms with van der Waals surface area (Å²) in [6, 6.07) is 8.02. The molecular formula is C11H13NOS2. The molecule has 1 amide bonds. The highest BCUT2D eigenvalue weighted by Gasteiger charge is 2.19. The standard InChI is InChI=1S/C11H13NOS2/c1-8-4-2-3-5-10(8)11(13)12-9-6-14-15-7-9/h2-5,9H,6-7H2,1H3,(H,12,13). The Morgan fingerprint density at radius 3 is 2.67 bits per heavy atom. The van der Waals surface area contributed by atoms with Gasteiger partial charge in [-0.2, -0.15) is 0 Å². The molecule has 2 nitrogen and oxygen atoms in total. The van der Waals surface area contributed by atoms with Crippen LogP contribution in [0.1, 0.15) is 15.9 Å². The zero-order valence-electron chi connectivity index (χ0n) is 8.53. The summed E-state index contributed by atoms with van der Waals surface area (Å²) in [5.41, 5.74) is 1.83. The van der Waals surface area contributed by atoms with Crippen molar-refractivity contribution in [2.24, 2.45) is 0 Å². The van der Waals surface area contributed by atoms with Crippen molar-refractivity contribution in [1.29, 1.82) is 0 Å². The van der Waals surface area contributed by atoms with Gasteiger partial charge in [0.2, 0.25) is 0 Å². The van der Waals surface area contributed by atoms with Crippen LogP contribution < -0.4 is 5.32 Å². The quantitative estimate of drug-likeness (QED) is 0.804. The Balaban J connectivity index is 2.04. The van der Waals surface area contributed by atoms with Crippen LogP contribution in [0.25, 0.3) is 0 Å². The molecule has 0 bridgehead atoms. The number of hydrogen-bond donors (Lipinski definition) is 1. The maximum Gasteiger partial charge on any atom is 0.251 e. The molecule has 0 unspecified atom stereocenters. The van der Waals surface area contributed by atoms with E-state index in [1.807, 2.05) is 52.8 Å². The van der Waals surface area contributed by atoms with Gasteiger partial charge in [0, 0.05) is 23.1 Å². The predicted octanol–water partition coefficient (Wildman–Crippen LogP) is 2.49. The van der Waals surface area contributed by atoms with E-state index in [4.69, 9.17) is 0 Å². The Hall–Kier alpha value is -0.610. The lowest BCUT2D eigenvalue weighted by Gasteiger charge is -2.11. The molecule has 1 N–H and O–H groups in total. The van der Waals surface area contributed by atoms with Crippen molar-refractivity contribution < 1.29 is 4.79 Å². The van der Waals surface area contributed by atoms with Crippen molar-refractivity contribution in [3.63, 3.8) is 0 Å². The topological polar surface area (TPSA) is 29.1 Å². The van der Waals surface area contributed by atoms with E-state index in [2.05, 4.69) is 5.32 Å². The molecule has 1 fully saturated rings. The highest BCUT2D eigenvalue weighted by molar-refractivity contribution is 8.77. The fraction of sp³-hybridized carbons (Fsp3) is 0.364. The van der Waals surface area contributed by atoms with Crippen molar-refractivity contribution in [3.8, 4) is 0 Å². The first-order valence-corrected chi connectivity index (χ1v) is 7.37. The SMILES string of the molecule is Cc1ccccc1C(=O)NC1CSSC1. The lowest BCUT2D eigenvalue weighted by atomic mass is 10.1. The number of rotatable bonds is 2. The molecular weight excluding hydrogens is 226 g/mol. The van der Waals surface area contributed by atoms with Gasteiger partial charge >= 0.3 is 0 Å². The zero-order valence-corrected chi connectivity index (χ0v) is 10.2. The minimum Gasteiger partial charge on any atom is -0.348 e. The third kappa shape index (κ3) is 2.69. The van der Waals surface area contributed by atoms with Crippen LogP contribution in [0.4, 0.5) is 0 Å². The van der Waals surface area contributed by atoms with Crippen LogP contribution in [-0.2, 0) is 0 Å². The van der Waals surface area contributed by atoms with Gasteiger partial charge in [0.05, 0.1) is 0 Å². The number of aryl methyl sites for hydroxylation is 1. The molecule has 0 saturated carbocycles. The van der Waals surface area contributed by atoms with Crippen LogP contribution in [0.15, 0.2) is 24.3 Å². The van der Waals surface area contributed by atoms with Gasteiger partial charge in [-0.05, 0) is 18.6 Å². The molecule has 1 aliphatic heterocycles. The van der Waals surface area contributed by atoms with Crippen molar-refractivity contribution >= 4 is 27.5 Å². The van der Waals surface area contributed by atoms with Gasteiger partial charge in [0.1, 0.15) is 0 Å². The van der Waals surface area contributed by atoms with Crippen molar-refractivity contribution in [1.82, 2.24) is 5.32 Å². The maximum atomic E-state index is 11.9. The van der Waals surface area contributed by atoms with Crippen molar-refractivity contribution in [2.45, 2.75) is 13.0 Å². The Labute approximate surface area is 97.6 Å². The van der Waals surface area contributed by atoms with E-state index >= 15 is 0 Å². The average molecular weight is 239 g/mol. The number of amides is 1. The zero-order chi connectivity index (χ0) is 10.7. The van der Waals surface area contributed by atoms with Gasteiger partial charge in [-0.1, -0.05) is 39.8 Å². The van der Waals surface area contributed by atoms with Gasteiger partial charge in [-0.25, -0.2) is 0 Å². The summed E-state index contributed by atoms with van der Waals surface area (Å²) in [7, 11) is 3.65. The summed E-state index contributed by atoms with van der Waals surface area (Å²) >= 11 is 0. The molecule has 0 aromatic heterocycles. The Morgan fingerprint density at radius 1 is 1.33 bits per heavy atom. The third-order valence-electron chi connectivity index (χ3n) is 2.35. The molecule has 1 aliphatic rings. The van der Waals surface area contributed by atoms with Gasteiger partial charge < -0.3 is 5.32 Å². The molecule has 0 spiro atoms. The summed E-state index contributed by atoms with van der Waals surface area (Å²) in [4.78, 5) is 11.9. The molecule has 1 aromatic rings. The maximum absolute atomic E-state index is 11.9. The fourth-order valence-corrected chi connectivity index (χ4v) is 4.12. The van der Waals surface area contributed by atoms with E-state index in [-0.39, 0.29) is 5.91 Å². The molecule has 2 rings (SSSR count). The molecule has 80 valence electrons. The second kappa shape index (κ2) is 4.94. The number of carbonyl (C=O) groups is 1. The minimum absolute atomic E-state index is 0.0567. The van der Waals surface area contributed by atoms with Gasteiger partial charge in [-0.15, -0.1) is 0 Å². The smallest absolute Gasteiger partial charge is 0.251 e. The molecule has 0 atom stereocenters. The summed E-state index contributed by atoms with van der Waals surface area (Å²) in [5.74, 6) is 2.09. The fourth-order valence-electron chi connectivity index (χ4n) is 1.48. The van der Waals surface area contributed by atoms with Crippen molar-refractivity contribution in [2.75, 3.05) is 11.5 Å². The molecule has 0 radical (unpaired) electrons. The van der Waals surface area contributed by atoms with Crippen LogP contribution >= 0.6 is 21.6 Å². The molecule has 1 aromatic carbocycles. The lowest BCUT2D eigenvalue weighted by Crippen LogP contribution is -2.36. The summed E-state index contributed by atoms with van der Waals surface area (Å²) < 4.78 is 0. The minimum atomic E-state index is 0.0567. The summed E-state index contributed by atoms with van der Waals surface area (Å²) in [6.07, 6.45) is 0. The molecule has 15 heavy (non-hydrogen) atoms. The normalized spacial score (nSPS) is 16.6. The molecule has 1 saturated heterocycles. The van der Waals surface area contributed by atoms with E-state index in [1.165, 1.54) is 0 Å². The number of nitrogens with one attached hydrogen (secondary N) is 1. The highest BCUT2D eigenvalue weighted by atomic mass is 33.1. The largest absolute Gasteiger partial charge is 0.348 e. The first-order chi connectivity index (χ1) is 7.27. The van der Waals surface area contributed by atoms with Crippen LogP contribution in [-0.4, -0.2) is 23.5 Å². The third-order valence-corrected chi connectivity index (χ3v) is 4.91. The Kier molecular flexibility index (Phi) is 3.59. The van der Waals surface area contributed by atoms with E-state index in [0.717, 1.165) is 22.6 Å². The second-order valence-corrected chi connectivity index (χ2v) is 6.11. The first kappa shape index (κ1) is 10.9. The number of carbonyl (C=O) groups excluding carboxylic acids is 1.